The Kier molecular flexibility index (Phi) is 13.4. The molecule has 3 fully saturated rings. The van der Waals surface area contributed by atoms with Crippen molar-refractivity contribution in [1.82, 2.24) is 0 Å². The highest BCUT2D eigenvalue weighted by Gasteiger charge is 2.46. The number of carbonyl (C=O) groups is 1. The number of hydrogen-bond acceptors (Lipinski definition) is 3. The predicted octanol–water partition coefficient (Wildman–Crippen LogP) is 8.14. The minimum atomic E-state index is -0.157. The van der Waals surface area contributed by atoms with E-state index >= 15 is 0 Å². The Labute approximate surface area is 200 Å². The van der Waals surface area contributed by atoms with Gasteiger partial charge in [-0.2, -0.15) is 5.26 Å². The number of rotatable bonds is 17. The van der Waals surface area contributed by atoms with E-state index in [0.717, 1.165) is 44.9 Å². The summed E-state index contributed by atoms with van der Waals surface area (Å²) in [5.41, 5.74) is 0. The molecule has 1 aliphatic carbocycles. The fourth-order valence-electron chi connectivity index (χ4n) is 5.62. The Hall–Kier alpha value is -0.400. The van der Waals surface area contributed by atoms with Crippen molar-refractivity contribution in [2.24, 2.45) is 17.8 Å². The quantitative estimate of drug-likeness (QED) is 0.151. The fourth-order valence-corrected chi connectivity index (χ4v) is 6.63. The molecule has 0 aromatic rings. The zero-order valence-corrected chi connectivity index (χ0v) is 21.7. The number of unbranched alkanes of at least 4 members (excludes halogenated alkanes) is 7. The van der Waals surface area contributed by atoms with Crippen LogP contribution in [0.2, 0.25) is 0 Å². The molecule has 2 saturated heterocycles. The molecule has 6 unspecified atom stereocenters. The number of ketones is 1. The van der Waals surface area contributed by atoms with E-state index < -0.39 is 0 Å². The molecule has 178 valence electrons. The van der Waals surface area contributed by atoms with E-state index in [-0.39, 0.29) is 18.1 Å². The van der Waals surface area contributed by atoms with Crippen LogP contribution in [0.4, 0.5) is 0 Å². The summed E-state index contributed by atoms with van der Waals surface area (Å²) in [6.45, 7) is 4.48. The van der Waals surface area contributed by atoms with Crippen LogP contribution in [0.3, 0.4) is 0 Å². The van der Waals surface area contributed by atoms with Crippen LogP contribution in [-0.4, -0.2) is 22.8 Å². The largest absolute Gasteiger partial charge is 0.367 e. The van der Waals surface area contributed by atoms with Gasteiger partial charge in [-0.1, -0.05) is 87.6 Å². The number of nitriles is 1. The van der Waals surface area contributed by atoms with Gasteiger partial charge in [0.05, 0.1) is 12.2 Å². The highest BCUT2D eigenvalue weighted by atomic mass is 79.9. The standard InChI is InChI=1S/C27H46BrNO2/c1-3-5-6-7-8-9-10-14-21(20-29)15-11-12-16-25(30)27-22-17-18-26(31-27)23(19-22)24(28)13-4-2/h21-24,26-27H,3-19H2,1-2H3. The van der Waals surface area contributed by atoms with Gasteiger partial charge in [0.1, 0.15) is 6.10 Å². The van der Waals surface area contributed by atoms with Crippen LogP contribution in [0.15, 0.2) is 0 Å². The molecular weight excluding hydrogens is 450 g/mol. The molecule has 3 nitrogen and oxygen atoms in total. The van der Waals surface area contributed by atoms with Crippen molar-refractivity contribution in [2.45, 2.75) is 140 Å². The van der Waals surface area contributed by atoms with Crippen molar-refractivity contribution in [2.75, 3.05) is 0 Å². The topological polar surface area (TPSA) is 50.1 Å². The number of alkyl halides is 1. The maximum absolute atomic E-state index is 12.8. The summed E-state index contributed by atoms with van der Waals surface area (Å²) in [6, 6.07) is 2.50. The van der Waals surface area contributed by atoms with Crippen LogP contribution in [0.5, 0.6) is 0 Å². The smallest absolute Gasteiger partial charge is 0.161 e. The average Bonchev–Trinajstić information content (AvgIpc) is 2.80. The average molecular weight is 497 g/mol. The van der Waals surface area contributed by atoms with Gasteiger partial charge in [0.15, 0.2) is 5.78 Å². The van der Waals surface area contributed by atoms with Gasteiger partial charge in [-0.25, -0.2) is 0 Å². The molecule has 3 aliphatic rings. The van der Waals surface area contributed by atoms with Gasteiger partial charge in [-0.05, 0) is 56.8 Å². The maximum atomic E-state index is 12.8. The van der Waals surface area contributed by atoms with Gasteiger partial charge in [0, 0.05) is 17.2 Å². The van der Waals surface area contributed by atoms with Gasteiger partial charge in [0.25, 0.3) is 0 Å². The summed E-state index contributed by atoms with van der Waals surface area (Å²) >= 11 is 3.87. The first-order valence-electron chi connectivity index (χ1n) is 13.3. The lowest BCUT2D eigenvalue weighted by Gasteiger charge is -2.48. The number of Topliss-reactive ketones (excluding diaryl/α,β-unsaturated/α-hetero) is 1. The van der Waals surface area contributed by atoms with E-state index in [1.165, 1.54) is 57.8 Å². The molecule has 0 amide bonds. The van der Waals surface area contributed by atoms with Crippen molar-refractivity contribution < 1.29 is 9.53 Å². The van der Waals surface area contributed by atoms with E-state index in [9.17, 15) is 10.1 Å². The highest BCUT2D eigenvalue weighted by Crippen LogP contribution is 2.45. The first kappa shape index (κ1) is 26.8. The van der Waals surface area contributed by atoms with E-state index in [2.05, 4.69) is 35.8 Å². The normalized spacial score (nSPS) is 27.0. The highest BCUT2D eigenvalue weighted by molar-refractivity contribution is 9.09. The second-order valence-corrected chi connectivity index (χ2v) is 11.3. The zero-order valence-electron chi connectivity index (χ0n) is 20.1. The van der Waals surface area contributed by atoms with Crippen molar-refractivity contribution in [1.29, 1.82) is 5.26 Å². The lowest BCUT2D eigenvalue weighted by atomic mass is 9.71. The molecule has 0 aromatic heterocycles. The fraction of sp³-hybridized carbons (Fsp3) is 0.926. The molecule has 31 heavy (non-hydrogen) atoms. The molecule has 4 heteroatoms. The van der Waals surface area contributed by atoms with Crippen LogP contribution in [0, 0.1) is 29.1 Å². The van der Waals surface area contributed by atoms with Gasteiger partial charge in [0.2, 0.25) is 0 Å². The Bertz CT molecular complexity index is 546. The molecule has 0 radical (unpaired) electrons. The third-order valence-electron chi connectivity index (χ3n) is 7.53. The number of carbonyl (C=O) groups excluding carboxylic acids is 1. The number of fused-ring (bicyclic) bond motifs is 3. The van der Waals surface area contributed by atoms with Crippen LogP contribution in [0.25, 0.3) is 0 Å². The van der Waals surface area contributed by atoms with Crippen molar-refractivity contribution >= 4 is 21.7 Å². The van der Waals surface area contributed by atoms with Crippen molar-refractivity contribution in [3.63, 3.8) is 0 Å². The molecule has 1 saturated carbocycles. The predicted molar refractivity (Wildman–Crippen MR) is 132 cm³/mol. The lowest BCUT2D eigenvalue weighted by molar-refractivity contribution is -0.172. The molecule has 0 spiro atoms. The van der Waals surface area contributed by atoms with Crippen LogP contribution < -0.4 is 0 Å². The molecule has 0 aromatic carbocycles. The summed E-state index contributed by atoms with van der Waals surface area (Å²) in [7, 11) is 0. The third-order valence-corrected chi connectivity index (χ3v) is 8.67. The molecule has 6 atom stereocenters. The molecule has 0 N–H and O–H groups in total. The van der Waals surface area contributed by atoms with E-state index in [4.69, 9.17) is 4.74 Å². The van der Waals surface area contributed by atoms with Gasteiger partial charge >= 0.3 is 0 Å². The summed E-state index contributed by atoms with van der Waals surface area (Å²) in [6.07, 6.45) is 19.5. The SMILES string of the molecule is CCCCCCCCCC(C#N)CCCCC(=O)C1OC2CCC1CC2C(Br)CCC. The van der Waals surface area contributed by atoms with E-state index in [1.54, 1.807) is 0 Å². The second kappa shape index (κ2) is 15.4. The van der Waals surface area contributed by atoms with E-state index in [0.29, 0.717) is 28.9 Å². The first-order valence-corrected chi connectivity index (χ1v) is 14.2. The van der Waals surface area contributed by atoms with Gasteiger partial charge in [-0.15, -0.1) is 0 Å². The zero-order chi connectivity index (χ0) is 22.5. The molecule has 2 bridgehead atoms. The van der Waals surface area contributed by atoms with Crippen molar-refractivity contribution in [3.05, 3.63) is 0 Å². The summed E-state index contributed by atoms with van der Waals surface area (Å²) in [4.78, 5) is 13.3. The number of nitrogens with zero attached hydrogens (tertiary/aromatic N) is 1. The van der Waals surface area contributed by atoms with E-state index in [1.807, 2.05) is 0 Å². The van der Waals surface area contributed by atoms with Crippen LogP contribution >= 0.6 is 15.9 Å². The Morgan fingerprint density at radius 1 is 0.968 bits per heavy atom. The maximum Gasteiger partial charge on any atom is 0.161 e. The van der Waals surface area contributed by atoms with Crippen LogP contribution in [0.1, 0.15) is 123 Å². The number of halogens is 1. The van der Waals surface area contributed by atoms with Crippen LogP contribution in [-0.2, 0) is 9.53 Å². The lowest BCUT2D eigenvalue weighted by Crippen LogP contribution is -2.51. The first-order chi connectivity index (χ1) is 15.1. The van der Waals surface area contributed by atoms with Gasteiger partial charge < -0.3 is 4.74 Å². The number of ether oxygens (including phenoxy) is 1. The summed E-state index contributed by atoms with van der Waals surface area (Å²) in [5, 5.41) is 9.45. The minimum Gasteiger partial charge on any atom is -0.367 e. The minimum absolute atomic E-state index is 0.157. The van der Waals surface area contributed by atoms with Gasteiger partial charge in [-0.3, -0.25) is 4.79 Å². The number of hydrogen-bond donors (Lipinski definition) is 0. The molecule has 2 aliphatic heterocycles. The second-order valence-electron chi connectivity index (χ2n) is 10.1. The summed E-state index contributed by atoms with van der Waals surface area (Å²) < 4.78 is 6.30. The van der Waals surface area contributed by atoms with Crippen molar-refractivity contribution in [3.8, 4) is 6.07 Å². The molecule has 2 heterocycles. The molecule has 3 rings (SSSR count). The Morgan fingerprint density at radius 3 is 2.26 bits per heavy atom. The Morgan fingerprint density at radius 2 is 1.65 bits per heavy atom. The Balaban J connectivity index is 1.59. The molecular formula is C27H46BrNO2. The monoisotopic (exact) mass is 495 g/mol. The summed E-state index contributed by atoms with van der Waals surface area (Å²) in [5.74, 6) is 1.48. The third kappa shape index (κ3) is 9.17.